The Bertz CT molecular complexity index is 1140. The molecule has 0 radical (unpaired) electrons. The molecule has 0 aliphatic rings. The van der Waals surface area contributed by atoms with Crippen LogP contribution in [-0.2, 0) is 26.2 Å². The highest BCUT2D eigenvalue weighted by atomic mass is 35.5. The van der Waals surface area contributed by atoms with E-state index in [1.54, 1.807) is 6.92 Å². The second-order valence-electron chi connectivity index (χ2n) is 8.63. The van der Waals surface area contributed by atoms with Crippen molar-refractivity contribution in [1.29, 1.82) is 0 Å². The molecule has 10 heteroatoms. The number of carbonyl (C=O) groups excluding carboxylic acids is 2. The van der Waals surface area contributed by atoms with E-state index in [-0.39, 0.29) is 34.1 Å². The molecule has 0 heterocycles. The molecule has 0 spiro atoms. The summed E-state index contributed by atoms with van der Waals surface area (Å²) in [5.41, 5.74) is 2.03. The number of nitrogens with zero attached hydrogens (tertiary/aromatic N) is 2. The maximum Gasteiger partial charge on any atom is 0.244 e. The highest BCUT2D eigenvalue weighted by Crippen LogP contribution is 2.28. The van der Waals surface area contributed by atoms with Gasteiger partial charge in [-0.15, -0.1) is 0 Å². The molecule has 2 amide bonds. The van der Waals surface area contributed by atoms with Crippen molar-refractivity contribution in [2.45, 2.75) is 40.3 Å². The van der Waals surface area contributed by atoms with E-state index in [0.29, 0.717) is 6.54 Å². The van der Waals surface area contributed by atoms with Crippen molar-refractivity contribution < 1.29 is 18.0 Å². The number of anilines is 1. The molecular weight excluding hydrogens is 497 g/mol. The monoisotopic (exact) mass is 527 g/mol. The molecule has 0 bridgehead atoms. The molecular formula is C24H31Cl2N3O4S. The van der Waals surface area contributed by atoms with Crippen molar-refractivity contribution in [1.82, 2.24) is 10.2 Å². The van der Waals surface area contributed by atoms with E-state index < -0.39 is 28.5 Å². The number of benzene rings is 2. The molecule has 186 valence electrons. The first-order valence-electron chi connectivity index (χ1n) is 10.9. The summed E-state index contributed by atoms with van der Waals surface area (Å²) in [6.07, 6.45) is 1.01. The van der Waals surface area contributed by atoms with Crippen molar-refractivity contribution in [2.75, 3.05) is 23.7 Å². The van der Waals surface area contributed by atoms with E-state index in [2.05, 4.69) is 5.32 Å². The van der Waals surface area contributed by atoms with Gasteiger partial charge >= 0.3 is 0 Å². The van der Waals surface area contributed by atoms with E-state index in [1.165, 1.54) is 23.1 Å². The Kier molecular flexibility index (Phi) is 9.79. The lowest BCUT2D eigenvalue weighted by molar-refractivity contribution is -0.139. The van der Waals surface area contributed by atoms with Gasteiger partial charge in [0, 0.05) is 13.1 Å². The van der Waals surface area contributed by atoms with Crippen molar-refractivity contribution in [3.05, 3.63) is 63.6 Å². The van der Waals surface area contributed by atoms with Crippen LogP contribution in [0, 0.1) is 12.8 Å². The number of rotatable bonds is 10. The Labute approximate surface area is 212 Å². The zero-order chi connectivity index (χ0) is 25.6. The minimum absolute atomic E-state index is 0.154. The lowest BCUT2D eigenvalue weighted by Crippen LogP contribution is -2.51. The first kappa shape index (κ1) is 28.0. The lowest BCUT2D eigenvalue weighted by Gasteiger charge is -2.32. The number of aryl methyl sites for hydroxylation is 1. The van der Waals surface area contributed by atoms with Crippen LogP contribution >= 0.6 is 23.2 Å². The largest absolute Gasteiger partial charge is 0.354 e. The molecule has 2 aromatic rings. The minimum atomic E-state index is -3.84. The minimum Gasteiger partial charge on any atom is -0.354 e. The van der Waals surface area contributed by atoms with Gasteiger partial charge in [-0.25, -0.2) is 8.42 Å². The number of carbonyl (C=O) groups is 2. The van der Waals surface area contributed by atoms with E-state index >= 15 is 0 Å². The molecule has 0 aromatic heterocycles. The number of hydrogen-bond acceptors (Lipinski definition) is 4. The SMILES string of the molecule is Cc1ccccc1CN(C(=O)CN(c1ccc(Cl)c(Cl)c1)S(C)(=O)=O)C(C)C(=O)NCC(C)C. The van der Waals surface area contributed by atoms with Gasteiger partial charge in [-0.05, 0) is 49.1 Å². The van der Waals surface area contributed by atoms with Crippen LogP contribution in [0.2, 0.25) is 10.0 Å². The molecule has 0 aliphatic carbocycles. The van der Waals surface area contributed by atoms with E-state index in [4.69, 9.17) is 23.2 Å². The van der Waals surface area contributed by atoms with E-state index in [1.807, 2.05) is 45.0 Å². The zero-order valence-electron chi connectivity index (χ0n) is 20.0. The zero-order valence-corrected chi connectivity index (χ0v) is 22.3. The first-order valence-corrected chi connectivity index (χ1v) is 13.5. The van der Waals surface area contributed by atoms with Gasteiger partial charge in [0.05, 0.1) is 22.0 Å². The fourth-order valence-electron chi connectivity index (χ4n) is 3.26. The third-order valence-corrected chi connectivity index (χ3v) is 7.20. The van der Waals surface area contributed by atoms with Crippen LogP contribution in [0.15, 0.2) is 42.5 Å². The molecule has 0 aliphatic heterocycles. The fourth-order valence-corrected chi connectivity index (χ4v) is 4.39. The quantitative estimate of drug-likeness (QED) is 0.500. The van der Waals surface area contributed by atoms with Gasteiger partial charge in [0.2, 0.25) is 21.8 Å². The molecule has 1 N–H and O–H groups in total. The van der Waals surface area contributed by atoms with Crippen molar-refractivity contribution in [3.8, 4) is 0 Å². The van der Waals surface area contributed by atoms with Crippen LogP contribution in [0.25, 0.3) is 0 Å². The lowest BCUT2D eigenvalue weighted by atomic mass is 10.1. The average molecular weight is 529 g/mol. The summed E-state index contributed by atoms with van der Waals surface area (Å²) in [6, 6.07) is 11.1. The normalized spacial score (nSPS) is 12.4. The molecule has 7 nitrogen and oxygen atoms in total. The molecule has 1 unspecified atom stereocenters. The predicted octanol–water partition coefficient (Wildman–Crippen LogP) is 4.26. The number of nitrogens with one attached hydrogen (secondary N) is 1. The third-order valence-electron chi connectivity index (χ3n) is 5.32. The van der Waals surface area contributed by atoms with Crippen LogP contribution < -0.4 is 9.62 Å². The van der Waals surface area contributed by atoms with Gasteiger partial charge < -0.3 is 10.2 Å². The number of hydrogen-bond donors (Lipinski definition) is 1. The average Bonchev–Trinajstić information content (AvgIpc) is 2.75. The van der Waals surface area contributed by atoms with Gasteiger partial charge in [-0.3, -0.25) is 13.9 Å². The van der Waals surface area contributed by atoms with E-state index in [9.17, 15) is 18.0 Å². The predicted molar refractivity (Wildman–Crippen MR) is 138 cm³/mol. The van der Waals surface area contributed by atoms with Crippen molar-refractivity contribution in [3.63, 3.8) is 0 Å². The summed E-state index contributed by atoms with van der Waals surface area (Å²) in [7, 11) is -3.84. The summed E-state index contributed by atoms with van der Waals surface area (Å²) in [5.74, 6) is -0.588. The van der Waals surface area contributed by atoms with Crippen molar-refractivity contribution in [2.24, 2.45) is 5.92 Å². The molecule has 0 fully saturated rings. The Balaban J connectivity index is 2.40. The topological polar surface area (TPSA) is 86.8 Å². The molecule has 0 saturated heterocycles. The number of halogens is 2. The molecule has 1 atom stereocenters. The van der Waals surface area contributed by atoms with Crippen LogP contribution in [0.1, 0.15) is 31.9 Å². The van der Waals surface area contributed by atoms with Gasteiger partial charge in [0.1, 0.15) is 12.6 Å². The Hall–Kier alpha value is -2.29. The van der Waals surface area contributed by atoms with Crippen LogP contribution in [0.3, 0.4) is 0 Å². The second-order valence-corrected chi connectivity index (χ2v) is 11.4. The molecule has 2 aromatic carbocycles. The standard InChI is InChI=1S/C24H31Cl2N3O4S/c1-16(2)13-27-24(31)18(4)28(14-19-9-7-6-8-17(19)3)23(30)15-29(34(5,32)33)20-10-11-21(25)22(26)12-20/h6-12,16,18H,13-15H2,1-5H3,(H,27,31). The highest BCUT2D eigenvalue weighted by Gasteiger charge is 2.30. The maximum atomic E-state index is 13.5. The van der Waals surface area contributed by atoms with Crippen LogP contribution in [0.4, 0.5) is 5.69 Å². The Morgan fingerprint density at radius 3 is 2.24 bits per heavy atom. The highest BCUT2D eigenvalue weighted by molar-refractivity contribution is 7.92. The number of sulfonamides is 1. The van der Waals surface area contributed by atoms with Crippen LogP contribution in [-0.4, -0.2) is 50.5 Å². The second kappa shape index (κ2) is 11.9. The summed E-state index contributed by atoms with van der Waals surface area (Å²) < 4.78 is 26.1. The van der Waals surface area contributed by atoms with Crippen LogP contribution in [0.5, 0.6) is 0 Å². The maximum absolute atomic E-state index is 13.5. The molecule has 2 rings (SSSR count). The fraction of sp³-hybridized carbons (Fsp3) is 0.417. The van der Waals surface area contributed by atoms with Gasteiger partial charge in [0.15, 0.2) is 0 Å². The molecule has 0 saturated carbocycles. The Morgan fingerprint density at radius 2 is 1.68 bits per heavy atom. The number of amides is 2. The first-order chi connectivity index (χ1) is 15.8. The van der Waals surface area contributed by atoms with Gasteiger partial charge in [0.25, 0.3) is 0 Å². The summed E-state index contributed by atoms with van der Waals surface area (Å²) in [4.78, 5) is 27.7. The third kappa shape index (κ3) is 7.61. The van der Waals surface area contributed by atoms with E-state index in [0.717, 1.165) is 21.7 Å². The molecule has 34 heavy (non-hydrogen) atoms. The summed E-state index contributed by atoms with van der Waals surface area (Å²) in [5, 5.41) is 3.28. The smallest absolute Gasteiger partial charge is 0.244 e. The van der Waals surface area contributed by atoms with Gasteiger partial charge in [-0.1, -0.05) is 61.3 Å². The van der Waals surface area contributed by atoms with Crippen molar-refractivity contribution >= 4 is 50.7 Å². The summed E-state index contributed by atoms with van der Waals surface area (Å²) >= 11 is 12.1. The van der Waals surface area contributed by atoms with Gasteiger partial charge in [-0.2, -0.15) is 0 Å². The summed E-state index contributed by atoms with van der Waals surface area (Å²) in [6.45, 7) is 7.63. The Morgan fingerprint density at radius 1 is 1.03 bits per heavy atom.